The summed E-state index contributed by atoms with van der Waals surface area (Å²) in [5.74, 6) is -0.252. The zero-order chi connectivity index (χ0) is 15.2. The molecule has 110 valence electrons. The highest BCUT2D eigenvalue weighted by molar-refractivity contribution is 6.08. The quantitative estimate of drug-likeness (QED) is 0.735. The number of ether oxygens (including phenoxy) is 1. The lowest BCUT2D eigenvalue weighted by molar-refractivity contribution is 0.102. The number of nitrogen functional groups attached to an aromatic ring is 2. The molecule has 0 atom stereocenters. The van der Waals surface area contributed by atoms with Crippen LogP contribution in [0.5, 0.6) is 0 Å². The minimum Gasteiger partial charge on any atom is -0.399 e. The molecule has 5 N–H and O–H groups in total. The van der Waals surface area contributed by atoms with Gasteiger partial charge in [0, 0.05) is 24.2 Å². The molecule has 0 fully saturated rings. The molecule has 5 nitrogen and oxygen atoms in total. The van der Waals surface area contributed by atoms with Gasteiger partial charge in [-0.1, -0.05) is 18.2 Å². The average Bonchev–Trinajstić information content (AvgIpc) is 2.46. The first-order valence-corrected chi connectivity index (χ1v) is 6.65. The van der Waals surface area contributed by atoms with Gasteiger partial charge in [-0.25, -0.2) is 0 Å². The third-order valence-corrected chi connectivity index (χ3v) is 3.16. The second-order valence-corrected chi connectivity index (χ2v) is 4.70. The van der Waals surface area contributed by atoms with E-state index >= 15 is 0 Å². The van der Waals surface area contributed by atoms with Crippen LogP contribution in [0.3, 0.4) is 0 Å². The Kier molecular flexibility index (Phi) is 4.79. The number of carbonyl (C=O) groups excluding carboxylic acids is 1. The molecular formula is C16H19N3O2. The fraction of sp³-hybridized carbons (Fsp3) is 0.188. The maximum atomic E-state index is 12.3. The van der Waals surface area contributed by atoms with Gasteiger partial charge in [-0.3, -0.25) is 4.79 Å². The van der Waals surface area contributed by atoms with Crippen molar-refractivity contribution in [2.24, 2.45) is 0 Å². The molecule has 0 bridgehead atoms. The summed E-state index contributed by atoms with van der Waals surface area (Å²) in [7, 11) is 1.65. The van der Waals surface area contributed by atoms with E-state index in [0.29, 0.717) is 23.5 Å². The van der Waals surface area contributed by atoms with Crippen molar-refractivity contribution in [1.29, 1.82) is 0 Å². The van der Waals surface area contributed by atoms with Crippen molar-refractivity contribution in [2.75, 3.05) is 30.5 Å². The Hall–Kier alpha value is -2.53. The second-order valence-electron chi connectivity index (χ2n) is 4.70. The van der Waals surface area contributed by atoms with E-state index in [1.54, 1.807) is 25.3 Å². The number of rotatable bonds is 5. The number of hydrogen-bond donors (Lipinski definition) is 3. The van der Waals surface area contributed by atoms with Crippen LogP contribution in [0, 0.1) is 0 Å². The smallest absolute Gasteiger partial charge is 0.257 e. The highest BCUT2D eigenvalue weighted by Gasteiger charge is 2.12. The van der Waals surface area contributed by atoms with Crippen LogP contribution in [0.2, 0.25) is 0 Å². The molecule has 0 aliphatic rings. The summed E-state index contributed by atoms with van der Waals surface area (Å²) in [6, 6.07) is 12.5. The van der Waals surface area contributed by atoms with E-state index in [4.69, 9.17) is 16.2 Å². The van der Waals surface area contributed by atoms with Crippen molar-refractivity contribution in [1.82, 2.24) is 0 Å². The van der Waals surface area contributed by atoms with Gasteiger partial charge in [0.25, 0.3) is 5.91 Å². The van der Waals surface area contributed by atoms with Crippen LogP contribution < -0.4 is 16.8 Å². The van der Waals surface area contributed by atoms with Crippen LogP contribution in [0.1, 0.15) is 15.9 Å². The monoisotopic (exact) mass is 285 g/mol. The van der Waals surface area contributed by atoms with Gasteiger partial charge in [-0.2, -0.15) is 0 Å². The zero-order valence-electron chi connectivity index (χ0n) is 11.9. The Morgan fingerprint density at radius 3 is 2.67 bits per heavy atom. The molecule has 1 amide bonds. The summed E-state index contributed by atoms with van der Waals surface area (Å²) in [4.78, 5) is 12.3. The molecule has 2 rings (SSSR count). The van der Waals surface area contributed by atoms with Gasteiger partial charge in [0.15, 0.2) is 0 Å². The van der Waals surface area contributed by atoms with E-state index in [1.165, 1.54) is 0 Å². The first-order chi connectivity index (χ1) is 10.1. The Morgan fingerprint density at radius 2 is 1.95 bits per heavy atom. The normalized spacial score (nSPS) is 10.3. The van der Waals surface area contributed by atoms with Crippen LogP contribution in [0.4, 0.5) is 17.1 Å². The third kappa shape index (κ3) is 3.73. The highest BCUT2D eigenvalue weighted by Crippen LogP contribution is 2.20. The Bertz CT molecular complexity index is 641. The van der Waals surface area contributed by atoms with Crippen molar-refractivity contribution in [2.45, 2.75) is 6.42 Å². The van der Waals surface area contributed by atoms with E-state index in [9.17, 15) is 4.79 Å². The summed E-state index contributed by atoms with van der Waals surface area (Å²) < 4.78 is 5.08. The molecule has 21 heavy (non-hydrogen) atoms. The third-order valence-electron chi connectivity index (χ3n) is 3.16. The fourth-order valence-electron chi connectivity index (χ4n) is 2.05. The van der Waals surface area contributed by atoms with E-state index in [1.807, 2.05) is 24.3 Å². The predicted octanol–water partition coefficient (Wildman–Crippen LogP) is 2.29. The van der Waals surface area contributed by atoms with E-state index in [0.717, 1.165) is 17.7 Å². The van der Waals surface area contributed by atoms with Gasteiger partial charge in [0.2, 0.25) is 0 Å². The molecule has 0 spiro atoms. The summed E-state index contributed by atoms with van der Waals surface area (Å²) in [5.41, 5.74) is 14.5. The van der Waals surface area contributed by atoms with Gasteiger partial charge >= 0.3 is 0 Å². The lowest BCUT2D eigenvalue weighted by Crippen LogP contribution is -2.15. The molecular weight excluding hydrogens is 266 g/mol. The number of anilines is 3. The van der Waals surface area contributed by atoms with E-state index in [-0.39, 0.29) is 5.91 Å². The van der Waals surface area contributed by atoms with Crippen molar-refractivity contribution in [3.05, 3.63) is 53.6 Å². The number of hydrogen-bond acceptors (Lipinski definition) is 4. The largest absolute Gasteiger partial charge is 0.399 e. The maximum absolute atomic E-state index is 12.3. The minimum atomic E-state index is -0.252. The molecule has 2 aromatic carbocycles. The zero-order valence-corrected chi connectivity index (χ0v) is 11.9. The van der Waals surface area contributed by atoms with Gasteiger partial charge < -0.3 is 21.5 Å². The molecule has 5 heteroatoms. The molecule has 0 aliphatic heterocycles. The number of nitrogens with two attached hydrogens (primary N) is 2. The molecule has 0 unspecified atom stereocenters. The van der Waals surface area contributed by atoms with Crippen LogP contribution >= 0.6 is 0 Å². The molecule has 0 aliphatic carbocycles. The summed E-state index contributed by atoms with van der Waals surface area (Å²) in [6.07, 6.45) is 0.726. The number of amides is 1. The van der Waals surface area contributed by atoms with Crippen molar-refractivity contribution < 1.29 is 9.53 Å². The molecule has 0 radical (unpaired) electrons. The maximum Gasteiger partial charge on any atom is 0.257 e. The summed E-state index contributed by atoms with van der Waals surface area (Å²) in [5, 5.41) is 2.88. The van der Waals surface area contributed by atoms with Gasteiger partial charge in [0.1, 0.15) is 0 Å². The van der Waals surface area contributed by atoms with Crippen LogP contribution in [-0.4, -0.2) is 19.6 Å². The molecule has 2 aromatic rings. The first kappa shape index (κ1) is 14.9. The Labute approximate surface area is 123 Å². The summed E-state index contributed by atoms with van der Waals surface area (Å²) in [6.45, 7) is 0.594. The number of para-hydroxylation sites is 1. The van der Waals surface area contributed by atoms with Gasteiger partial charge in [-0.15, -0.1) is 0 Å². The number of benzene rings is 2. The molecule has 0 heterocycles. The van der Waals surface area contributed by atoms with Crippen molar-refractivity contribution in [3.63, 3.8) is 0 Å². The minimum absolute atomic E-state index is 0.252. The molecule has 0 saturated carbocycles. The topological polar surface area (TPSA) is 90.4 Å². The first-order valence-electron chi connectivity index (χ1n) is 6.65. The van der Waals surface area contributed by atoms with E-state index < -0.39 is 0 Å². The van der Waals surface area contributed by atoms with Crippen LogP contribution in [0.25, 0.3) is 0 Å². The number of methoxy groups -OCH3 is 1. The fourth-order valence-corrected chi connectivity index (χ4v) is 2.05. The van der Waals surface area contributed by atoms with Crippen LogP contribution in [-0.2, 0) is 11.2 Å². The van der Waals surface area contributed by atoms with Gasteiger partial charge in [0.05, 0.1) is 12.2 Å². The van der Waals surface area contributed by atoms with Crippen LogP contribution in [0.15, 0.2) is 42.5 Å². The standard InChI is InChI=1S/C16H19N3O2/c1-21-9-8-11-4-2-3-5-15(11)19-16(20)13-7-6-12(17)10-14(13)18/h2-7,10H,8-9,17-18H2,1H3,(H,19,20). The molecule has 0 saturated heterocycles. The Morgan fingerprint density at radius 1 is 1.19 bits per heavy atom. The SMILES string of the molecule is COCCc1ccccc1NC(=O)c1ccc(N)cc1N. The number of carbonyl (C=O) groups is 1. The second kappa shape index (κ2) is 6.76. The van der Waals surface area contributed by atoms with Crippen molar-refractivity contribution in [3.8, 4) is 0 Å². The molecule has 0 aromatic heterocycles. The highest BCUT2D eigenvalue weighted by atomic mass is 16.5. The van der Waals surface area contributed by atoms with Crippen molar-refractivity contribution >= 4 is 23.0 Å². The lowest BCUT2D eigenvalue weighted by atomic mass is 10.1. The van der Waals surface area contributed by atoms with E-state index in [2.05, 4.69) is 5.32 Å². The van der Waals surface area contributed by atoms with Gasteiger partial charge in [-0.05, 0) is 36.2 Å². The average molecular weight is 285 g/mol. The Balaban J connectivity index is 2.19. The number of nitrogens with one attached hydrogen (secondary N) is 1. The lowest BCUT2D eigenvalue weighted by Gasteiger charge is -2.12. The summed E-state index contributed by atoms with van der Waals surface area (Å²) >= 11 is 0. The predicted molar refractivity (Wildman–Crippen MR) is 85.2 cm³/mol.